The summed E-state index contributed by atoms with van der Waals surface area (Å²) in [5.74, 6) is -0.0567. The van der Waals surface area contributed by atoms with Crippen LogP contribution in [0.1, 0.15) is 42.6 Å². The molecule has 0 atom stereocenters. The number of aromatic amines is 1. The van der Waals surface area contributed by atoms with Gasteiger partial charge in [-0.2, -0.15) is 0 Å². The maximum atomic E-state index is 12.1. The van der Waals surface area contributed by atoms with Gasteiger partial charge in [-0.25, -0.2) is 0 Å². The van der Waals surface area contributed by atoms with Crippen LogP contribution in [-0.4, -0.2) is 17.4 Å². The summed E-state index contributed by atoms with van der Waals surface area (Å²) in [6.45, 7) is 0.695. The normalized spacial score (nSPS) is 15.0. The first-order valence-electron chi connectivity index (χ1n) is 7.47. The number of H-pyrrole nitrogens is 1. The van der Waals surface area contributed by atoms with Gasteiger partial charge >= 0.3 is 0 Å². The van der Waals surface area contributed by atoms with Crippen molar-refractivity contribution in [2.45, 2.75) is 32.1 Å². The number of carbonyl (C=O) groups excluding carboxylic acids is 1. The molecule has 1 aromatic carbocycles. The first-order valence-corrected chi connectivity index (χ1v) is 7.84. The quantitative estimate of drug-likeness (QED) is 0.806. The Hall–Kier alpha value is -1.74. The lowest BCUT2D eigenvalue weighted by molar-refractivity contribution is 0.0950. The Kier molecular flexibility index (Phi) is 4.30. The Balaban J connectivity index is 1.60. The van der Waals surface area contributed by atoms with Crippen molar-refractivity contribution in [1.82, 2.24) is 10.3 Å². The van der Waals surface area contributed by atoms with Crippen molar-refractivity contribution in [2.75, 3.05) is 6.54 Å². The highest BCUT2D eigenvalue weighted by Gasteiger charge is 2.10. The molecule has 0 radical (unpaired) electrons. The molecular formula is C17H19ClN2O. The maximum Gasteiger partial charge on any atom is 0.267 e. The number of nitrogens with one attached hydrogen (secondary N) is 2. The summed E-state index contributed by atoms with van der Waals surface area (Å²) < 4.78 is 0. The van der Waals surface area contributed by atoms with Crippen molar-refractivity contribution in [3.8, 4) is 0 Å². The van der Waals surface area contributed by atoms with E-state index in [1.54, 1.807) is 0 Å². The van der Waals surface area contributed by atoms with Crippen molar-refractivity contribution < 1.29 is 4.79 Å². The summed E-state index contributed by atoms with van der Waals surface area (Å²) in [6.07, 6.45) is 8.22. The van der Waals surface area contributed by atoms with Crippen molar-refractivity contribution in [1.29, 1.82) is 0 Å². The topological polar surface area (TPSA) is 44.9 Å². The molecule has 1 aliphatic rings. The minimum absolute atomic E-state index is 0.0567. The second-order valence-corrected chi connectivity index (χ2v) is 5.97. The molecule has 0 saturated carbocycles. The molecular weight excluding hydrogens is 284 g/mol. The number of hydrogen-bond donors (Lipinski definition) is 2. The average Bonchev–Trinajstić information content (AvgIpc) is 2.91. The van der Waals surface area contributed by atoms with Gasteiger partial charge in [0.05, 0.1) is 0 Å². The molecule has 0 unspecified atom stereocenters. The van der Waals surface area contributed by atoms with Crippen LogP contribution in [0.5, 0.6) is 0 Å². The Morgan fingerprint density at radius 2 is 2.19 bits per heavy atom. The highest BCUT2D eigenvalue weighted by atomic mass is 35.5. The van der Waals surface area contributed by atoms with Crippen LogP contribution in [0.4, 0.5) is 0 Å². The molecule has 21 heavy (non-hydrogen) atoms. The molecule has 2 aromatic rings. The van der Waals surface area contributed by atoms with Gasteiger partial charge in [-0.05, 0) is 56.4 Å². The van der Waals surface area contributed by atoms with Crippen molar-refractivity contribution in [3.05, 3.63) is 46.6 Å². The highest BCUT2D eigenvalue weighted by molar-refractivity contribution is 6.31. The molecule has 1 aromatic heterocycles. The molecule has 0 saturated heterocycles. The highest BCUT2D eigenvalue weighted by Crippen LogP contribution is 2.21. The molecule has 2 N–H and O–H groups in total. The van der Waals surface area contributed by atoms with Gasteiger partial charge in [-0.15, -0.1) is 0 Å². The van der Waals surface area contributed by atoms with Crippen LogP contribution in [0, 0.1) is 0 Å². The number of hydrogen-bond acceptors (Lipinski definition) is 1. The third-order valence-electron chi connectivity index (χ3n) is 3.94. The van der Waals surface area contributed by atoms with E-state index >= 15 is 0 Å². The van der Waals surface area contributed by atoms with Gasteiger partial charge in [0.2, 0.25) is 0 Å². The number of benzene rings is 1. The van der Waals surface area contributed by atoms with E-state index in [9.17, 15) is 4.79 Å². The van der Waals surface area contributed by atoms with Gasteiger partial charge in [0.1, 0.15) is 5.69 Å². The fourth-order valence-electron chi connectivity index (χ4n) is 2.79. The van der Waals surface area contributed by atoms with Crippen LogP contribution in [0.3, 0.4) is 0 Å². The Bertz CT molecular complexity index is 687. The van der Waals surface area contributed by atoms with Gasteiger partial charge in [0, 0.05) is 22.5 Å². The molecule has 0 aliphatic heterocycles. The Labute approximate surface area is 129 Å². The molecule has 0 fully saturated rings. The second-order valence-electron chi connectivity index (χ2n) is 5.53. The van der Waals surface area contributed by atoms with Gasteiger partial charge in [-0.3, -0.25) is 4.79 Å². The lowest BCUT2D eigenvalue weighted by Gasteiger charge is -2.12. The van der Waals surface area contributed by atoms with Crippen LogP contribution in [0.15, 0.2) is 35.9 Å². The standard InChI is InChI=1S/C17H19ClN2O/c18-14-6-7-15-13(10-14)11-16(20-15)17(21)19-9-8-12-4-2-1-3-5-12/h4,6-7,10-11,20H,1-3,5,8-9H2,(H,19,21). The molecule has 1 aliphatic carbocycles. The fraction of sp³-hybridized carbons (Fsp3) is 0.353. The zero-order valence-corrected chi connectivity index (χ0v) is 12.7. The van der Waals surface area contributed by atoms with E-state index in [1.807, 2.05) is 24.3 Å². The number of aromatic nitrogens is 1. The first-order chi connectivity index (χ1) is 10.2. The predicted molar refractivity (Wildman–Crippen MR) is 86.8 cm³/mol. The van der Waals surface area contributed by atoms with Gasteiger partial charge in [0.25, 0.3) is 5.91 Å². The molecule has 3 rings (SSSR count). The van der Waals surface area contributed by atoms with E-state index < -0.39 is 0 Å². The monoisotopic (exact) mass is 302 g/mol. The molecule has 3 nitrogen and oxygen atoms in total. The minimum Gasteiger partial charge on any atom is -0.351 e. The van der Waals surface area contributed by atoms with E-state index in [2.05, 4.69) is 16.4 Å². The average molecular weight is 303 g/mol. The molecule has 0 bridgehead atoms. The van der Waals surface area contributed by atoms with Gasteiger partial charge in [0.15, 0.2) is 0 Å². The zero-order valence-electron chi connectivity index (χ0n) is 11.9. The largest absolute Gasteiger partial charge is 0.351 e. The number of rotatable bonds is 4. The zero-order chi connectivity index (χ0) is 14.7. The summed E-state index contributed by atoms with van der Waals surface area (Å²) in [5, 5.41) is 4.62. The lowest BCUT2D eigenvalue weighted by atomic mass is 9.97. The van der Waals surface area contributed by atoms with Gasteiger partial charge in [-0.1, -0.05) is 23.3 Å². The summed E-state index contributed by atoms with van der Waals surface area (Å²) >= 11 is 5.96. The summed E-state index contributed by atoms with van der Waals surface area (Å²) in [6, 6.07) is 7.41. The smallest absolute Gasteiger partial charge is 0.267 e. The molecule has 1 amide bonds. The van der Waals surface area contributed by atoms with Crippen LogP contribution < -0.4 is 5.32 Å². The number of halogens is 1. The lowest BCUT2D eigenvalue weighted by Crippen LogP contribution is -2.25. The van der Waals surface area contributed by atoms with Crippen molar-refractivity contribution >= 4 is 28.4 Å². The van der Waals surface area contributed by atoms with Gasteiger partial charge < -0.3 is 10.3 Å². The summed E-state index contributed by atoms with van der Waals surface area (Å²) in [7, 11) is 0. The predicted octanol–water partition coefficient (Wildman–Crippen LogP) is 4.44. The summed E-state index contributed by atoms with van der Waals surface area (Å²) in [5.41, 5.74) is 2.99. The van der Waals surface area contributed by atoms with E-state index in [0.29, 0.717) is 17.3 Å². The maximum absolute atomic E-state index is 12.1. The summed E-state index contributed by atoms with van der Waals surface area (Å²) in [4.78, 5) is 15.3. The molecule has 4 heteroatoms. The van der Waals surface area contributed by atoms with E-state index in [4.69, 9.17) is 11.6 Å². The van der Waals surface area contributed by atoms with Crippen LogP contribution >= 0.6 is 11.6 Å². The molecule has 110 valence electrons. The second kappa shape index (κ2) is 6.35. The Morgan fingerprint density at radius 3 is 3.00 bits per heavy atom. The first kappa shape index (κ1) is 14.2. The van der Waals surface area contributed by atoms with E-state index in [1.165, 1.54) is 31.3 Å². The minimum atomic E-state index is -0.0567. The number of allylic oxidation sites excluding steroid dienone is 1. The Morgan fingerprint density at radius 1 is 1.29 bits per heavy atom. The van der Waals surface area contributed by atoms with Crippen LogP contribution in [0.2, 0.25) is 5.02 Å². The SMILES string of the molecule is O=C(NCCC1=CCCCC1)c1cc2cc(Cl)ccc2[nH]1. The third kappa shape index (κ3) is 3.48. The van der Waals surface area contributed by atoms with Crippen LogP contribution in [0.25, 0.3) is 10.9 Å². The number of amides is 1. The van der Waals surface area contributed by atoms with E-state index in [0.717, 1.165) is 17.3 Å². The molecule has 0 spiro atoms. The van der Waals surface area contributed by atoms with Crippen LogP contribution in [-0.2, 0) is 0 Å². The fourth-order valence-corrected chi connectivity index (χ4v) is 2.97. The number of fused-ring (bicyclic) bond motifs is 1. The van der Waals surface area contributed by atoms with E-state index in [-0.39, 0.29) is 5.91 Å². The third-order valence-corrected chi connectivity index (χ3v) is 4.18. The van der Waals surface area contributed by atoms with Crippen molar-refractivity contribution in [3.63, 3.8) is 0 Å². The number of carbonyl (C=O) groups is 1. The molecule has 1 heterocycles. The van der Waals surface area contributed by atoms with Crippen molar-refractivity contribution in [2.24, 2.45) is 0 Å².